The molecular weight excluding hydrogens is 336 g/mol. The second-order valence-electron chi connectivity index (χ2n) is 6.21. The maximum atomic E-state index is 12.4. The molecule has 3 rings (SSSR count). The van der Waals surface area contributed by atoms with E-state index < -0.39 is 11.2 Å². The molecule has 0 amide bonds. The van der Waals surface area contributed by atoms with E-state index >= 15 is 0 Å². The Morgan fingerprint density at radius 1 is 1.36 bits per heavy atom. The van der Waals surface area contributed by atoms with Crippen LogP contribution < -0.4 is 11.2 Å². The van der Waals surface area contributed by atoms with Gasteiger partial charge in [0, 0.05) is 12.8 Å². The fourth-order valence-electron chi connectivity index (χ4n) is 2.65. The molecule has 0 aliphatic heterocycles. The van der Waals surface area contributed by atoms with Crippen molar-refractivity contribution in [1.29, 1.82) is 0 Å². The molecule has 0 atom stereocenters. The number of nitrogens with zero attached hydrogens (tertiary/aromatic N) is 3. The van der Waals surface area contributed by atoms with Gasteiger partial charge in [-0.05, 0) is 19.4 Å². The van der Waals surface area contributed by atoms with Crippen LogP contribution in [0.25, 0.3) is 11.2 Å². The molecule has 3 aromatic rings. The van der Waals surface area contributed by atoms with Crippen molar-refractivity contribution in [3.05, 3.63) is 68.4 Å². The molecule has 2 heterocycles. The molecule has 0 spiro atoms. The van der Waals surface area contributed by atoms with Crippen molar-refractivity contribution in [3.8, 4) is 0 Å². The number of hydrogen-bond acceptors (Lipinski definition) is 4. The van der Waals surface area contributed by atoms with Gasteiger partial charge in [0.1, 0.15) is 0 Å². The van der Waals surface area contributed by atoms with Crippen LogP contribution in [-0.4, -0.2) is 24.9 Å². The second kappa shape index (κ2) is 6.76. The van der Waals surface area contributed by atoms with Crippen LogP contribution in [0.5, 0.6) is 0 Å². The number of aryl methyl sites for hydroxylation is 2. The standard InChI is InChI=1S/C18H20N4O2S/c1-11(2)10-25-18-19-15-14(16(23)20-17(24)21(15)4)22(18)9-13-7-5-6-12(3)8-13/h5-8H,1,9-10H2,2-4H3,(H,20,23,24). The number of hydrogen-bond donors (Lipinski definition) is 1. The lowest BCUT2D eigenvalue weighted by molar-refractivity contribution is 0.728. The largest absolute Gasteiger partial charge is 0.329 e. The van der Waals surface area contributed by atoms with E-state index in [1.807, 2.05) is 36.6 Å². The van der Waals surface area contributed by atoms with E-state index in [1.165, 1.54) is 16.3 Å². The quantitative estimate of drug-likeness (QED) is 0.563. The Hall–Kier alpha value is -2.54. The molecule has 2 aromatic heterocycles. The van der Waals surface area contributed by atoms with E-state index in [-0.39, 0.29) is 0 Å². The van der Waals surface area contributed by atoms with Gasteiger partial charge in [-0.15, -0.1) is 0 Å². The minimum Gasteiger partial charge on any atom is -0.309 e. The number of thioether (sulfide) groups is 1. The van der Waals surface area contributed by atoms with Crippen molar-refractivity contribution in [1.82, 2.24) is 19.1 Å². The first-order valence-corrected chi connectivity index (χ1v) is 8.87. The summed E-state index contributed by atoms with van der Waals surface area (Å²) in [4.78, 5) is 31.2. The average Bonchev–Trinajstić information content (AvgIpc) is 2.90. The number of rotatable bonds is 5. The van der Waals surface area contributed by atoms with Gasteiger partial charge in [-0.3, -0.25) is 14.3 Å². The molecule has 1 aromatic carbocycles. The van der Waals surface area contributed by atoms with Crippen LogP contribution >= 0.6 is 11.8 Å². The van der Waals surface area contributed by atoms with Crippen molar-refractivity contribution in [3.63, 3.8) is 0 Å². The number of imidazole rings is 1. The number of nitrogens with one attached hydrogen (secondary N) is 1. The van der Waals surface area contributed by atoms with Crippen molar-refractivity contribution in [2.75, 3.05) is 5.75 Å². The highest BCUT2D eigenvalue weighted by Gasteiger charge is 2.18. The number of aromatic amines is 1. The van der Waals surface area contributed by atoms with Crippen LogP contribution in [0.1, 0.15) is 18.1 Å². The summed E-state index contributed by atoms with van der Waals surface area (Å²) < 4.78 is 3.24. The Morgan fingerprint density at radius 3 is 2.80 bits per heavy atom. The summed E-state index contributed by atoms with van der Waals surface area (Å²) in [5.74, 6) is 0.697. The Morgan fingerprint density at radius 2 is 2.12 bits per heavy atom. The SMILES string of the molecule is C=C(C)CSc1nc2c(c(=O)[nH]c(=O)n2C)n1Cc1cccc(C)c1. The normalized spacial score (nSPS) is 11.2. The average molecular weight is 356 g/mol. The summed E-state index contributed by atoms with van der Waals surface area (Å²) in [5.41, 5.74) is 3.17. The Bertz CT molecular complexity index is 1070. The van der Waals surface area contributed by atoms with Gasteiger partial charge in [-0.1, -0.05) is 53.7 Å². The first-order valence-electron chi connectivity index (χ1n) is 7.89. The minimum absolute atomic E-state index is 0.394. The zero-order valence-corrected chi connectivity index (χ0v) is 15.3. The van der Waals surface area contributed by atoms with Gasteiger partial charge in [0.2, 0.25) is 0 Å². The number of benzene rings is 1. The number of aromatic nitrogens is 4. The zero-order chi connectivity index (χ0) is 18.1. The van der Waals surface area contributed by atoms with E-state index in [0.29, 0.717) is 28.6 Å². The maximum Gasteiger partial charge on any atom is 0.329 e. The summed E-state index contributed by atoms with van der Waals surface area (Å²) >= 11 is 1.51. The predicted molar refractivity (Wildman–Crippen MR) is 101 cm³/mol. The summed E-state index contributed by atoms with van der Waals surface area (Å²) in [7, 11) is 1.61. The lowest BCUT2D eigenvalue weighted by atomic mass is 10.1. The molecule has 0 aliphatic carbocycles. The van der Waals surface area contributed by atoms with Crippen LogP contribution in [0.15, 0.2) is 51.2 Å². The Labute approximate surface area is 149 Å². The maximum absolute atomic E-state index is 12.4. The van der Waals surface area contributed by atoms with E-state index in [2.05, 4.69) is 22.6 Å². The van der Waals surface area contributed by atoms with Gasteiger partial charge < -0.3 is 4.57 Å². The van der Waals surface area contributed by atoms with Crippen LogP contribution in [0.2, 0.25) is 0 Å². The van der Waals surface area contributed by atoms with Crippen LogP contribution in [0.4, 0.5) is 0 Å². The van der Waals surface area contributed by atoms with E-state index in [0.717, 1.165) is 16.7 Å². The summed E-state index contributed by atoms with van der Waals surface area (Å²) in [6.07, 6.45) is 0. The van der Waals surface area contributed by atoms with Crippen molar-refractivity contribution >= 4 is 22.9 Å². The number of fused-ring (bicyclic) bond motifs is 1. The predicted octanol–water partition coefficient (Wildman–Crippen LogP) is 2.45. The molecule has 0 radical (unpaired) electrons. The molecule has 0 unspecified atom stereocenters. The van der Waals surface area contributed by atoms with Crippen molar-refractivity contribution in [2.45, 2.75) is 25.5 Å². The first kappa shape index (κ1) is 17.3. The molecule has 0 bridgehead atoms. The third-order valence-corrected chi connectivity index (χ3v) is 5.05. The van der Waals surface area contributed by atoms with Crippen LogP contribution in [0, 0.1) is 6.92 Å². The molecule has 0 aliphatic rings. The monoisotopic (exact) mass is 356 g/mol. The summed E-state index contributed by atoms with van der Waals surface area (Å²) in [5, 5.41) is 0.700. The molecular formula is C18H20N4O2S. The van der Waals surface area contributed by atoms with Gasteiger partial charge in [0.15, 0.2) is 16.3 Å². The highest BCUT2D eigenvalue weighted by Crippen LogP contribution is 2.24. The Kier molecular flexibility index (Phi) is 4.67. The van der Waals surface area contributed by atoms with E-state index in [9.17, 15) is 9.59 Å². The summed E-state index contributed by atoms with van der Waals surface area (Å²) in [6, 6.07) is 8.12. The molecule has 6 nitrogen and oxygen atoms in total. The fourth-order valence-corrected chi connectivity index (χ4v) is 3.49. The van der Waals surface area contributed by atoms with E-state index in [4.69, 9.17) is 0 Å². The molecule has 0 saturated heterocycles. The zero-order valence-electron chi connectivity index (χ0n) is 14.5. The highest BCUT2D eigenvalue weighted by molar-refractivity contribution is 7.99. The van der Waals surface area contributed by atoms with Gasteiger partial charge in [-0.25, -0.2) is 9.78 Å². The van der Waals surface area contributed by atoms with Gasteiger partial charge >= 0.3 is 5.69 Å². The molecule has 7 heteroatoms. The Balaban J connectivity index is 2.20. The van der Waals surface area contributed by atoms with Crippen molar-refractivity contribution < 1.29 is 0 Å². The van der Waals surface area contributed by atoms with Gasteiger partial charge in [0.05, 0.1) is 6.54 Å². The van der Waals surface area contributed by atoms with Crippen LogP contribution in [-0.2, 0) is 13.6 Å². The van der Waals surface area contributed by atoms with Crippen LogP contribution in [0.3, 0.4) is 0 Å². The first-order chi connectivity index (χ1) is 11.9. The third kappa shape index (κ3) is 3.46. The summed E-state index contributed by atoms with van der Waals surface area (Å²) in [6.45, 7) is 8.41. The van der Waals surface area contributed by atoms with Crippen molar-refractivity contribution in [2.24, 2.45) is 7.05 Å². The molecule has 0 fully saturated rings. The third-order valence-electron chi connectivity index (χ3n) is 3.84. The lowest BCUT2D eigenvalue weighted by Gasteiger charge is -2.09. The lowest BCUT2D eigenvalue weighted by Crippen LogP contribution is -2.29. The van der Waals surface area contributed by atoms with E-state index in [1.54, 1.807) is 7.05 Å². The molecule has 1 N–H and O–H groups in total. The smallest absolute Gasteiger partial charge is 0.309 e. The second-order valence-corrected chi connectivity index (χ2v) is 7.15. The molecule has 0 saturated carbocycles. The molecule has 25 heavy (non-hydrogen) atoms. The fraction of sp³-hybridized carbons (Fsp3) is 0.278. The molecule has 130 valence electrons. The topological polar surface area (TPSA) is 72.7 Å². The highest BCUT2D eigenvalue weighted by atomic mass is 32.2. The van der Waals surface area contributed by atoms with Gasteiger partial charge in [-0.2, -0.15) is 0 Å². The number of H-pyrrole nitrogens is 1. The van der Waals surface area contributed by atoms with Gasteiger partial charge in [0.25, 0.3) is 5.56 Å². The minimum atomic E-state index is -0.464.